The molecule has 0 spiro atoms. The molecule has 0 aliphatic carbocycles. The van der Waals surface area contributed by atoms with Crippen LogP contribution in [0.1, 0.15) is 55.4 Å². The van der Waals surface area contributed by atoms with E-state index in [0.29, 0.717) is 13.2 Å². The van der Waals surface area contributed by atoms with Crippen LogP contribution in [0.4, 0.5) is 0 Å². The Hall–Kier alpha value is 0.746. The molecule has 0 rings (SSSR count). The van der Waals surface area contributed by atoms with Crippen molar-refractivity contribution in [2.45, 2.75) is 66.7 Å². The third-order valence-electron chi connectivity index (χ3n) is 2.20. The Morgan fingerprint density at radius 2 is 1.37 bits per heavy atom. The summed E-state index contributed by atoms with van der Waals surface area (Å²) in [6.45, 7) is 16.4. The van der Waals surface area contributed by atoms with Crippen molar-refractivity contribution < 1.29 is 33.4 Å². The molecule has 0 saturated carbocycles. The second kappa shape index (κ2) is 8.25. The minimum Gasteiger partial charge on any atom is -0.644 e. The van der Waals surface area contributed by atoms with E-state index in [9.17, 15) is 4.57 Å². The van der Waals surface area contributed by atoms with Gasteiger partial charge in [0.15, 0.2) is 0 Å². The zero-order valence-electron chi connectivity index (χ0n) is 13.5. The van der Waals surface area contributed by atoms with Crippen LogP contribution in [0, 0.1) is 5.41 Å². The number of hydrogen-bond donors (Lipinski definition) is 0. The quantitative estimate of drug-likeness (QED) is 0.527. The summed E-state index contributed by atoms with van der Waals surface area (Å²) in [5.41, 5.74) is -0.547. The summed E-state index contributed by atoms with van der Waals surface area (Å²) in [6, 6.07) is 0. The standard InChI is InChI=1S/C13H29NO3P.Os/c1-9-16-18(15,17-10-2)11(12(3,4)5)14-13(6,7)8;/h11H,9-10H2,1-8H3;/q-1;+1. The van der Waals surface area contributed by atoms with Crippen LogP contribution >= 0.6 is 7.60 Å². The Morgan fingerprint density at radius 1 is 1.00 bits per heavy atom. The van der Waals surface area contributed by atoms with E-state index in [4.69, 9.17) is 9.05 Å². The molecular formula is C13H29NO3OsP. The average Bonchev–Trinajstić information content (AvgIpc) is 2.12. The maximum Gasteiger partial charge on any atom is 1.00 e. The molecule has 0 aromatic carbocycles. The molecule has 19 heavy (non-hydrogen) atoms. The van der Waals surface area contributed by atoms with Crippen LogP contribution in [0.5, 0.6) is 0 Å². The van der Waals surface area contributed by atoms with Crippen LogP contribution in [0.25, 0.3) is 5.32 Å². The second-order valence-corrected chi connectivity index (χ2v) is 8.50. The SMILES string of the molecule is CCOP(=O)(OCC)C([N-]C(C)(C)C)C(C)(C)C.[Os+]. The molecule has 0 aliphatic heterocycles. The van der Waals surface area contributed by atoms with Crippen molar-refractivity contribution in [1.82, 2.24) is 0 Å². The average molecular weight is 469 g/mol. The fraction of sp³-hybridized carbons (Fsp3) is 1.00. The van der Waals surface area contributed by atoms with E-state index in [2.05, 4.69) is 5.32 Å². The molecule has 0 saturated heterocycles. The van der Waals surface area contributed by atoms with Crippen molar-refractivity contribution in [2.75, 3.05) is 13.2 Å². The van der Waals surface area contributed by atoms with Gasteiger partial charge in [-0.1, -0.05) is 41.5 Å². The Bertz CT molecular complexity index is 287. The van der Waals surface area contributed by atoms with Gasteiger partial charge < -0.3 is 14.4 Å². The molecule has 1 unspecified atom stereocenters. The number of hydrogen-bond acceptors (Lipinski definition) is 3. The molecule has 1 radical (unpaired) electrons. The molecule has 0 aromatic rings. The van der Waals surface area contributed by atoms with Crippen LogP contribution in [0.3, 0.4) is 0 Å². The maximum absolute atomic E-state index is 12.9. The summed E-state index contributed by atoms with van der Waals surface area (Å²) in [7, 11) is -3.21. The summed E-state index contributed by atoms with van der Waals surface area (Å²) in [6.07, 6.45) is 0. The molecule has 4 nitrogen and oxygen atoms in total. The predicted octanol–water partition coefficient (Wildman–Crippen LogP) is 4.79. The topological polar surface area (TPSA) is 49.6 Å². The summed E-state index contributed by atoms with van der Waals surface area (Å²) in [5, 5.41) is 4.68. The van der Waals surface area contributed by atoms with Gasteiger partial charge in [0.25, 0.3) is 0 Å². The van der Waals surface area contributed by atoms with E-state index < -0.39 is 13.4 Å². The molecule has 0 fully saturated rings. The molecule has 117 valence electrons. The van der Waals surface area contributed by atoms with E-state index in [1.807, 2.05) is 55.4 Å². The van der Waals surface area contributed by atoms with Gasteiger partial charge in [-0.15, -0.1) is 5.54 Å². The van der Waals surface area contributed by atoms with Crippen molar-refractivity contribution in [3.05, 3.63) is 5.32 Å². The van der Waals surface area contributed by atoms with Gasteiger partial charge >= 0.3 is 27.4 Å². The smallest absolute Gasteiger partial charge is 0.644 e. The molecule has 0 aromatic heterocycles. The first-order valence-electron chi connectivity index (χ1n) is 6.57. The van der Waals surface area contributed by atoms with Crippen LogP contribution in [0.2, 0.25) is 0 Å². The summed E-state index contributed by atoms with van der Waals surface area (Å²) in [5.74, 6) is -0.454. The summed E-state index contributed by atoms with van der Waals surface area (Å²) < 4.78 is 23.8. The Balaban J connectivity index is 0. The van der Waals surface area contributed by atoms with Gasteiger partial charge in [-0.3, -0.25) is 4.57 Å². The fourth-order valence-electron chi connectivity index (χ4n) is 1.64. The zero-order valence-corrected chi connectivity index (χ0v) is 16.9. The summed E-state index contributed by atoms with van der Waals surface area (Å²) in [4.78, 5) is 0. The summed E-state index contributed by atoms with van der Waals surface area (Å²) >= 11 is 0. The second-order valence-electron chi connectivity index (χ2n) is 6.41. The molecule has 0 amide bonds. The normalized spacial score (nSPS) is 14.9. The fourth-order valence-corrected chi connectivity index (χ4v) is 4.16. The molecule has 1 atom stereocenters. The van der Waals surface area contributed by atoms with Crippen molar-refractivity contribution >= 4 is 7.60 Å². The third kappa shape index (κ3) is 7.93. The molecule has 0 bridgehead atoms. The van der Waals surface area contributed by atoms with Crippen LogP contribution < -0.4 is 0 Å². The first-order valence-corrected chi connectivity index (χ1v) is 8.18. The molecular weight excluding hydrogens is 439 g/mol. The number of rotatable bonds is 6. The van der Waals surface area contributed by atoms with E-state index in [1.165, 1.54) is 0 Å². The van der Waals surface area contributed by atoms with E-state index in [1.54, 1.807) is 0 Å². The van der Waals surface area contributed by atoms with Gasteiger partial charge in [0.2, 0.25) is 0 Å². The third-order valence-corrected chi connectivity index (χ3v) is 4.93. The van der Waals surface area contributed by atoms with Crippen LogP contribution in [-0.4, -0.2) is 24.5 Å². The zero-order chi connectivity index (χ0) is 14.6. The maximum atomic E-state index is 12.9. The van der Waals surface area contributed by atoms with Crippen molar-refractivity contribution in [3.8, 4) is 0 Å². The van der Waals surface area contributed by atoms with Crippen LogP contribution in [-0.2, 0) is 33.4 Å². The van der Waals surface area contributed by atoms with Crippen molar-refractivity contribution in [3.63, 3.8) is 0 Å². The number of nitrogens with zero attached hydrogens (tertiary/aromatic N) is 1. The van der Waals surface area contributed by atoms with Gasteiger partial charge in [-0.05, 0) is 25.0 Å². The van der Waals surface area contributed by atoms with Gasteiger partial charge in [-0.25, -0.2) is 0 Å². The first kappa shape index (κ1) is 22.0. The first-order chi connectivity index (χ1) is 7.96. The minimum atomic E-state index is -3.21. The molecule has 0 heterocycles. The van der Waals surface area contributed by atoms with Crippen molar-refractivity contribution in [2.24, 2.45) is 5.41 Å². The molecule has 0 aliphatic rings. The van der Waals surface area contributed by atoms with Gasteiger partial charge in [0.05, 0.1) is 13.2 Å². The largest absolute Gasteiger partial charge is 1.00 e. The Labute approximate surface area is 132 Å². The van der Waals surface area contributed by atoms with Crippen LogP contribution in [0.15, 0.2) is 0 Å². The Kier molecular flexibility index (Phi) is 9.57. The van der Waals surface area contributed by atoms with E-state index in [-0.39, 0.29) is 30.7 Å². The van der Waals surface area contributed by atoms with E-state index in [0.717, 1.165) is 0 Å². The monoisotopic (exact) mass is 470 g/mol. The van der Waals surface area contributed by atoms with Gasteiger partial charge in [0, 0.05) is 0 Å². The predicted molar refractivity (Wildman–Crippen MR) is 77.2 cm³/mol. The van der Waals surface area contributed by atoms with Gasteiger partial charge in [0.1, 0.15) is 0 Å². The van der Waals surface area contributed by atoms with E-state index >= 15 is 0 Å². The Morgan fingerprint density at radius 3 is 1.58 bits per heavy atom. The minimum absolute atomic E-state index is 0. The molecule has 6 heteroatoms. The van der Waals surface area contributed by atoms with Gasteiger partial charge in [-0.2, -0.15) is 0 Å². The molecule has 0 N–H and O–H groups in total. The van der Waals surface area contributed by atoms with Crippen molar-refractivity contribution in [1.29, 1.82) is 0 Å².